The Balaban J connectivity index is 0.817. The number of amides is 1. The Morgan fingerprint density at radius 1 is 0.878 bits per heavy atom. The van der Waals surface area contributed by atoms with Gasteiger partial charge in [-0.05, 0) is 88.9 Å². The van der Waals surface area contributed by atoms with Gasteiger partial charge in [-0.3, -0.25) is 19.0 Å². The molecule has 2 fully saturated rings. The van der Waals surface area contributed by atoms with Crippen molar-refractivity contribution >= 4 is 68.9 Å². The second-order valence-corrected chi connectivity index (χ2v) is 22.9. The van der Waals surface area contributed by atoms with Gasteiger partial charge in [-0.25, -0.2) is 9.97 Å². The van der Waals surface area contributed by atoms with Gasteiger partial charge < -0.3 is 24.5 Å². The molecule has 384 valence electrons. The number of benzene rings is 2. The van der Waals surface area contributed by atoms with E-state index in [9.17, 15) is 14.4 Å². The minimum atomic E-state index is -0.287. The van der Waals surface area contributed by atoms with Crippen molar-refractivity contribution in [1.82, 2.24) is 24.4 Å². The van der Waals surface area contributed by atoms with Gasteiger partial charge in [0, 0.05) is 96.0 Å². The molecule has 1 amide bonds. The van der Waals surface area contributed by atoms with Gasteiger partial charge in [-0.15, -0.1) is 0 Å². The Morgan fingerprint density at radius 3 is 2.30 bits per heavy atom. The third kappa shape index (κ3) is 9.31. The van der Waals surface area contributed by atoms with E-state index in [2.05, 4.69) is 146 Å². The molecule has 4 aliphatic heterocycles. The van der Waals surface area contributed by atoms with Gasteiger partial charge in [0.2, 0.25) is 17.5 Å². The number of hydrogen-bond acceptors (Lipinski definition) is 9. The number of ketones is 1. The molecule has 74 heavy (non-hydrogen) atoms. The zero-order valence-electron chi connectivity index (χ0n) is 44.6. The number of para-hydroxylation sites is 2. The van der Waals surface area contributed by atoms with Crippen LogP contribution in [0.25, 0.3) is 11.0 Å². The summed E-state index contributed by atoms with van der Waals surface area (Å²) in [6, 6.07) is 21.2. The van der Waals surface area contributed by atoms with Crippen molar-refractivity contribution in [3.8, 4) is 0 Å². The van der Waals surface area contributed by atoms with E-state index in [1.807, 2.05) is 23.2 Å². The number of piperazine rings is 1. The van der Waals surface area contributed by atoms with E-state index in [0.717, 1.165) is 83.1 Å². The lowest BCUT2D eigenvalue weighted by atomic mass is 9.81. The van der Waals surface area contributed by atoms with Crippen LogP contribution >= 0.6 is 11.6 Å². The predicted molar refractivity (Wildman–Crippen MR) is 299 cm³/mol. The summed E-state index contributed by atoms with van der Waals surface area (Å²) in [7, 11) is 4.54. The number of rotatable bonds is 12. The van der Waals surface area contributed by atoms with Crippen LogP contribution in [-0.2, 0) is 15.6 Å². The maximum atomic E-state index is 14.1. The first-order chi connectivity index (χ1) is 35.4. The first-order valence-electron chi connectivity index (χ1n) is 26.5. The van der Waals surface area contributed by atoms with Gasteiger partial charge in [0.15, 0.2) is 18.0 Å². The molecule has 0 bridgehead atoms. The van der Waals surface area contributed by atoms with Crippen LogP contribution < -0.4 is 20.7 Å². The van der Waals surface area contributed by atoms with Gasteiger partial charge in [-0.1, -0.05) is 80.8 Å². The van der Waals surface area contributed by atoms with Crippen molar-refractivity contribution in [3.63, 3.8) is 0 Å². The molecule has 1 saturated carbocycles. The monoisotopic (exact) mass is 1010 g/mol. The lowest BCUT2D eigenvalue weighted by Crippen LogP contribution is -2.49. The van der Waals surface area contributed by atoms with Gasteiger partial charge in [0.05, 0.1) is 48.4 Å². The van der Waals surface area contributed by atoms with Crippen molar-refractivity contribution in [1.29, 1.82) is 0 Å². The van der Waals surface area contributed by atoms with Crippen LogP contribution in [0.4, 0.5) is 28.8 Å². The molecule has 0 radical (unpaired) electrons. The highest BCUT2D eigenvalue weighted by molar-refractivity contribution is 6.32. The standard InChI is InChI=1S/C60H70ClN10O3/c1-10-68-48-21-15-13-19-46(48)59(4,5)50(68)26-23-41-37-71(8,9)38-42(55(41)61)24-27-51-60(6,7)47-20-14-16-22-49(47)69(51)30-29-53(73)67-33-31-66(32-34-67)44-25-28-52(62-35-44)64-58-63-36-45-39(2)54(40(3)72)57(74)70(56(45)65-58)43-17-11-12-18-43/h13-16,19-28,35-36,43H,10-12,17-18,29-34,37-38H2,1-9H3/q+1/p+1. The minimum Gasteiger partial charge on any atom is -0.367 e. The molecule has 1 N–H and O–H groups in total. The number of hydrogen-bond donors (Lipinski definition) is 1. The van der Waals surface area contributed by atoms with E-state index in [1.165, 1.54) is 29.4 Å². The number of aryl methyl sites for hydroxylation is 1. The first-order valence-corrected chi connectivity index (χ1v) is 26.9. The van der Waals surface area contributed by atoms with Gasteiger partial charge in [0.25, 0.3) is 5.56 Å². The third-order valence-electron chi connectivity index (χ3n) is 16.3. The number of pyridine rings is 2. The molecular weight excluding hydrogens is 944 g/mol. The number of halogens is 1. The zero-order valence-corrected chi connectivity index (χ0v) is 45.4. The summed E-state index contributed by atoms with van der Waals surface area (Å²) in [6.07, 6.45) is 16.8. The topological polar surface area (TPSA) is 120 Å². The van der Waals surface area contributed by atoms with Crippen molar-refractivity contribution in [2.45, 2.75) is 97.4 Å². The number of allylic oxidation sites excluding steroid dienone is 4. The second-order valence-electron chi connectivity index (χ2n) is 22.5. The summed E-state index contributed by atoms with van der Waals surface area (Å²) in [5.74, 6) is 0.800. The smallest absolute Gasteiger partial charge is 0.263 e. The van der Waals surface area contributed by atoms with Crippen LogP contribution in [0.15, 0.2) is 124 Å². The quantitative estimate of drug-likeness (QED) is 0.0740. The number of carbonyl (C=O) groups excluding carboxylic acids is 2. The number of aromatic nitrogens is 4. The van der Waals surface area contributed by atoms with E-state index in [-0.39, 0.29) is 39.7 Å². The van der Waals surface area contributed by atoms with Crippen LogP contribution in [0.3, 0.4) is 0 Å². The summed E-state index contributed by atoms with van der Waals surface area (Å²) in [5, 5.41) is 4.75. The van der Waals surface area contributed by atoms with Gasteiger partial charge in [0.1, 0.15) is 24.6 Å². The number of nitrogens with one attached hydrogen (secondary N) is 1. The lowest BCUT2D eigenvalue weighted by Gasteiger charge is -2.36. The third-order valence-corrected chi connectivity index (χ3v) is 16.8. The molecule has 1 aliphatic carbocycles. The number of fused-ring (bicyclic) bond motifs is 3. The molecule has 2 aromatic carbocycles. The van der Waals surface area contributed by atoms with Gasteiger partial charge in [-0.2, -0.15) is 9.56 Å². The summed E-state index contributed by atoms with van der Waals surface area (Å²) in [6.45, 7) is 20.3. The van der Waals surface area contributed by atoms with E-state index in [1.54, 1.807) is 17.7 Å². The SMILES string of the molecule is CCN1/C(=C/C=C2\C[N+](C)(C)CC(/C=C/C3=[N+](CCC(=O)N4CCN(c5ccc(Nc6ncc7c(C)c(C(C)=O)c(=O)n(C8CCCC8)c7n6)nc5)CC4)c4ccccc4C3(C)C)=C2Cl)C(C)(C)c2ccccc21. The number of nitrogens with zero attached hydrogens (tertiary/aromatic N) is 9. The summed E-state index contributed by atoms with van der Waals surface area (Å²) >= 11 is 7.41. The van der Waals surface area contributed by atoms with E-state index in [4.69, 9.17) is 21.6 Å². The molecular formula is C60H71ClN10O3+2. The number of carbonyl (C=O) groups is 2. The highest BCUT2D eigenvalue weighted by atomic mass is 35.5. The molecule has 14 heteroatoms. The van der Waals surface area contributed by atoms with Gasteiger partial charge >= 0.3 is 0 Å². The Bertz CT molecular complexity index is 3290. The fraction of sp³-hybridized carbons (Fsp3) is 0.417. The van der Waals surface area contributed by atoms with Crippen LogP contribution in [-0.4, -0.2) is 117 Å². The molecule has 10 rings (SSSR count). The molecule has 7 heterocycles. The maximum absolute atomic E-state index is 14.1. The molecule has 3 aromatic heterocycles. The average molecular weight is 1020 g/mol. The number of quaternary nitrogens is 1. The number of anilines is 4. The second kappa shape index (κ2) is 19.9. The van der Waals surface area contributed by atoms with Crippen LogP contribution in [0.1, 0.15) is 107 Å². The fourth-order valence-electron chi connectivity index (χ4n) is 12.4. The summed E-state index contributed by atoms with van der Waals surface area (Å²) in [5.41, 5.74) is 11.3. The maximum Gasteiger partial charge on any atom is 0.263 e. The van der Waals surface area contributed by atoms with Crippen molar-refractivity contribution in [2.24, 2.45) is 0 Å². The normalized spacial score (nSPS) is 20.4. The molecule has 0 unspecified atom stereocenters. The molecule has 5 aliphatic rings. The Morgan fingerprint density at radius 2 is 1.59 bits per heavy atom. The molecule has 1 saturated heterocycles. The Kier molecular flexibility index (Phi) is 13.6. The number of Topliss-reactive ketones (excluding diaryl/α,β-unsaturated/α-hetero) is 1. The molecule has 0 atom stereocenters. The fourth-order valence-corrected chi connectivity index (χ4v) is 12.7. The van der Waals surface area contributed by atoms with Crippen LogP contribution in [0, 0.1) is 6.92 Å². The summed E-state index contributed by atoms with van der Waals surface area (Å²) in [4.78, 5) is 61.1. The largest absolute Gasteiger partial charge is 0.367 e. The Labute approximate surface area is 440 Å². The van der Waals surface area contributed by atoms with Crippen molar-refractivity contribution < 1.29 is 18.6 Å². The average Bonchev–Trinajstić information content (AvgIpc) is 4.05. The molecule has 0 spiro atoms. The highest BCUT2D eigenvalue weighted by Gasteiger charge is 2.45. The van der Waals surface area contributed by atoms with E-state index >= 15 is 0 Å². The zero-order chi connectivity index (χ0) is 52.3. The Hall–Kier alpha value is -6.70. The predicted octanol–water partition coefficient (Wildman–Crippen LogP) is 10.4. The lowest BCUT2D eigenvalue weighted by molar-refractivity contribution is -0.881. The first kappa shape index (κ1) is 50.8. The minimum absolute atomic E-state index is 0.00465. The molecule has 13 nitrogen and oxygen atoms in total. The van der Waals surface area contributed by atoms with E-state index in [0.29, 0.717) is 67.5 Å². The van der Waals surface area contributed by atoms with Crippen LogP contribution in [0.5, 0.6) is 0 Å². The summed E-state index contributed by atoms with van der Waals surface area (Å²) < 4.78 is 4.85. The highest BCUT2D eigenvalue weighted by Crippen LogP contribution is 2.48. The van der Waals surface area contributed by atoms with Crippen LogP contribution in [0.2, 0.25) is 0 Å². The van der Waals surface area contributed by atoms with E-state index < -0.39 is 0 Å². The van der Waals surface area contributed by atoms with Crippen molar-refractivity contribution in [3.05, 3.63) is 152 Å². The number of likely N-dealkylation sites (N-methyl/N-ethyl adjacent to an activating group) is 2. The van der Waals surface area contributed by atoms with Crippen molar-refractivity contribution in [2.75, 3.05) is 81.6 Å². The molecule has 5 aromatic rings.